The van der Waals surface area contributed by atoms with Crippen molar-refractivity contribution in [3.63, 3.8) is 0 Å². The predicted octanol–water partition coefficient (Wildman–Crippen LogP) is 1.61. The first-order valence-electron chi connectivity index (χ1n) is 6.64. The molecular weight excluding hydrogens is 449 g/mol. The zero-order valence-electron chi connectivity index (χ0n) is 12.3. The Bertz CT molecular complexity index is 1000. The van der Waals surface area contributed by atoms with Gasteiger partial charge in [0.15, 0.2) is 11.5 Å². The van der Waals surface area contributed by atoms with E-state index in [1.807, 2.05) is 6.07 Å². The van der Waals surface area contributed by atoms with Gasteiger partial charge in [-0.1, -0.05) is 0 Å². The largest absolute Gasteiger partial charge is 0.508 e. The van der Waals surface area contributed by atoms with Crippen molar-refractivity contribution in [2.45, 2.75) is 6.54 Å². The zero-order chi connectivity index (χ0) is 17.3. The van der Waals surface area contributed by atoms with E-state index >= 15 is 0 Å². The summed E-state index contributed by atoms with van der Waals surface area (Å²) in [5.41, 5.74) is 1.43. The maximum absolute atomic E-state index is 11.3. The highest BCUT2D eigenvalue weighted by molar-refractivity contribution is 14.1. The molecule has 0 amide bonds. The van der Waals surface area contributed by atoms with Crippen molar-refractivity contribution >= 4 is 49.7 Å². The van der Waals surface area contributed by atoms with Crippen LogP contribution in [0, 0.1) is 3.57 Å². The standard InChI is InChI=1S/C13H12IN5O4S/c1-24(21,22)23-13-18-11(10-12(19-13)17-6-16-10)15-5-7-4-8(14)2-3-9(7)20/h2-4,6,20H,5H2,1H3,(H2,15,16,17,18,19). The monoisotopic (exact) mass is 461 g/mol. The molecule has 0 aliphatic carbocycles. The van der Waals surface area contributed by atoms with Crippen molar-refractivity contribution in [2.75, 3.05) is 11.6 Å². The normalized spacial score (nSPS) is 11.6. The fourth-order valence-corrected chi connectivity index (χ4v) is 2.89. The van der Waals surface area contributed by atoms with Crippen LogP contribution in [0.1, 0.15) is 5.56 Å². The molecule has 0 unspecified atom stereocenters. The summed E-state index contributed by atoms with van der Waals surface area (Å²) in [6.07, 6.45) is 2.32. The number of imidazole rings is 1. The first-order chi connectivity index (χ1) is 11.3. The van der Waals surface area contributed by atoms with Gasteiger partial charge < -0.3 is 19.6 Å². The molecule has 3 aromatic rings. The van der Waals surface area contributed by atoms with Gasteiger partial charge >= 0.3 is 16.1 Å². The molecule has 0 spiro atoms. The molecule has 3 N–H and O–H groups in total. The van der Waals surface area contributed by atoms with Crippen LogP contribution in [-0.4, -0.2) is 39.7 Å². The molecule has 0 fully saturated rings. The van der Waals surface area contributed by atoms with Crippen LogP contribution in [0.5, 0.6) is 11.8 Å². The summed E-state index contributed by atoms with van der Waals surface area (Å²) < 4.78 is 28.2. The molecule has 2 heterocycles. The van der Waals surface area contributed by atoms with E-state index in [1.165, 1.54) is 6.33 Å². The molecule has 0 atom stereocenters. The minimum atomic E-state index is -3.76. The molecule has 0 radical (unpaired) electrons. The summed E-state index contributed by atoms with van der Waals surface area (Å²) in [6.45, 7) is 0.270. The molecule has 9 nitrogen and oxygen atoms in total. The third-order valence-corrected chi connectivity index (χ3v) is 4.10. The number of fused-ring (bicyclic) bond motifs is 1. The van der Waals surface area contributed by atoms with Gasteiger partial charge in [-0.05, 0) is 40.8 Å². The van der Waals surface area contributed by atoms with Crippen molar-refractivity contribution < 1.29 is 17.7 Å². The van der Waals surface area contributed by atoms with Crippen LogP contribution in [0.2, 0.25) is 0 Å². The molecule has 0 bridgehead atoms. The topological polar surface area (TPSA) is 130 Å². The fraction of sp³-hybridized carbons (Fsp3) is 0.154. The summed E-state index contributed by atoms with van der Waals surface area (Å²) in [7, 11) is -3.76. The average molecular weight is 461 g/mol. The Morgan fingerprint density at radius 1 is 1.38 bits per heavy atom. The zero-order valence-corrected chi connectivity index (χ0v) is 15.3. The smallest absolute Gasteiger partial charge is 0.337 e. The van der Waals surface area contributed by atoms with Crippen molar-refractivity contribution in [2.24, 2.45) is 0 Å². The number of anilines is 1. The molecule has 126 valence electrons. The van der Waals surface area contributed by atoms with Crippen LogP contribution < -0.4 is 9.50 Å². The number of phenols is 1. The number of phenolic OH excluding ortho intramolecular Hbond substituents is 1. The van der Waals surface area contributed by atoms with Gasteiger partial charge in [-0.3, -0.25) is 0 Å². The van der Waals surface area contributed by atoms with E-state index in [1.54, 1.807) is 12.1 Å². The van der Waals surface area contributed by atoms with Crippen molar-refractivity contribution in [3.05, 3.63) is 33.7 Å². The van der Waals surface area contributed by atoms with Crippen molar-refractivity contribution in [3.8, 4) is 11.8 Å². The van der Waals surface area contributed by atoms with Crippen LogP contribution in [0.3, 0.4) is 0 Å². The molecule has 11 heteroatoms. The number of nitrogens with one attached hydrogen (secondary N) is 2. The second-order valence-electron chi connectivity index (χ2n) is 4.87. The minimum absolute atomic E-state index is 0.144. The maximum Gasteiger partial charge on any atom is 0.337 e. The van der Waals surface area contributed by atoms with Crippen LogP contribution in [0.25, 0.3) is 11.2 Å². The van der Waals surface area contributed by atoms with E-state index in [4.69, 9.17) is 4.18 Å². The summed E-state index contributed by atoms with van der Waals surface area (Å²) in [4.78, 5) is 14.8. The Morgan fingerprint density at radius 2 is 2.17 bits per heavy atom. The number of aromatic hydroxyl groups is 1. The molecule has 2 aromatic heterocycles. The van der Waals surface area contributed by atoms with Crippen LogP contribution >= 0.6 is 22.6 Å². The van der Waals surface area contributed by atoms with Crippen molar-refractivity contribution in [1.82, 2.24) is 19.9 Å². The van der Waals surface area contributed by atoms with E-state index in [0.29, 0.717) is 16.9 Å². The molecule has 1 aromatic carbocycles. The number of aromatic nitrogens is 4. The Balaban J connectivity index is 1.93. The van der Waals surface area contributed by atoms with E-state index in [0.717, 1.165) is 9.83 Å². The lowest BCUT2D eigenvalue weighted by Gasteiger charge is -2.09. The van der Waals surface area contributed by atoms with E-state index in [2.05, 4.69) is 47.8 Å². The van der Waals surface area contributed by atoms with Gasteiger partial charge in [0.2, 0.25) is 0 Å². The highest BCUT2D eigenvalue weighted by Gasteiger charge is 2.14. The Kier molecular flexibility index (Phi) is 4.45. The van der Waals surface area contributed by atoms with Gasteiger partial charge in [-0.25, -0.2) is 4.98 Å². The lowest BCUT2D eigenvalue weighted by Crippen LogP contribution is -2.10. The number of aromatic amines is 1. The van der Waals surface area contributed by atoms with Gasteiger partial charge in [0.1, 0.15) is 11.3 Å². The SMILES string of the molecule is CS(=O)(=O)Oc1nc(NCc2cc(I)ccc2O)c2[nH]cnc2n1. The second-order valence-corrected chi connectivity index (χ2v) is 7.69. The quantitative estimate of drug-likeness (QED) is 0.386. The second kappa shape index (κ2) is 6.39. The van der Waals surface area contributed by atoms with Gasteiger partial charge in [0.25, 0.3) is 0 Å². The molecular formula is C13H12IN5O4S. The number of hydrogen-bond acceptors (Lipinski definition) is 8. The molecule has 3 rings (SSSR count). The first-order valence-corrected chi connectivity index (χ1v) is 9.53. The van der Waals surface area contributed by atoms with E-state index in [-0.39, 0.29) is 24.0 Å². The van der Waals surface area contributed by atoms with Gasteiger partial charge in [0, 0.05) is 15.7 Å². The molecule has 0 saturated heterocycles. The Hall–Kier alpha value is -2.15. The van der Waals surface area contributed by atoms with Crippen LogP contribution in [0.15, 0.2) is 24.5 Å². The summed E-state index contributed by atoms with van der Waals surface area (Å²) in [5.74, 6) is 0.458. The van der Waals surface area contributed by atoms with E-state index in [9.17, 15) is 13.5 Å². The van der Waals surface area contributed by atoms with Crippen molar-refractivity contribution in [1.29, 1.82) is 0 Å². The summed E-state index contributed by atoms with van der Waals surface area (Å²) in [5, 5.41) is 12.9. The molecule has 0 aliphatic heterocycles. The number of H-pyrrole nitrogens is 1. The average Bonchev–Trinajstić information content (AvgIpc) is 2.94. The number of benzene rings is 1. The first kappa shape index (κ1) is 16.7. The van der Waals surface area contributed by atoms with E-state index < -0.39 is 10.1 Å². The Morgan fingerprint density at radius 3 is 2.92 bits per heavy atom. The van der Waals surface area contributed by atoms with Crippen LogP contribution in [0.4, 0.5) is 5.82 Å². The predicted molar refractivity (Wildman–Crippen MR) is 95.3 cm³/mol. The number of hydrogen-bond donors (Lipinski definition) is 3. The lowest BCUT2D eigenvalue weighted by atomic mass is 10.2. The van der Waals surface area contributed by atoms with Gasteiger partial charge in [-0.2, -0.15) is 18.4 Å². The minimum Gasteiger partial charge on any atom is -0.508 e. The third kappa shape index (κ3) is 3.84. The molecule has 0 saturated carbocycles. The number of nitrogens with zero attached hydrogens (tertiary/aromatic N) is 3. The summed E-state index contributed by atoms with van der Waals surface area (Å²) >= 11 is 2.14. The van der Waals surface area contributed by atoms with Gasteiger partial charge in [-0.15, -0.1) is 0 Å². The van der Waals surface area contributed by atoms with Crippen LogP contribution in [-0.2, 0) is 16.7 Å². The fourth-order valence-electron chi connectivity index (χ4n) is 1.99. The summed E-state index contributed by atoms with van der Waals surface area (Å²) in [6, 6.07) is 4.88. The maximum atomic E-state index is 11.3. The van der Waals surface area contributed by atoms with Gasteiger partial charge in [0.05, 0.1) is 12.6 Å². The molecule has 24 heavy (non-hydrogen) atoms. The highest BCUT2D eigenvalue weighted by atomic mass is 127. The highest BCUT2D eigenvalue weighted by Crippen LogP contribution is 2.24. The number of halogens is 1. The Labute approximate surface area is 150 Å². The number of rotatable bonds is 5. The lowest BCUT2D eigenvalue weighted by molar-refractivity contribution is 0.469. The molecule has 0 aliphatic rings. The third-order valence-electron chi connectivity index (χ3n) is 2.98.